The van der Waals surface area contributed by atoms with Gasteiger partial charge in [0.15, 0.2) is 11.5 Å². The van der Waals surface area contributed by atoms with E-state index in [4.69, 9.17) is 14.2 Å². The smallest absolute Gasteiger partial charge is 0.493 e. The molecule has 0 aliphatic carbocycles. The van der Waals surface area contributed by atoms with Gasteiger partial charge in [-0.3, -0.25) is 4.74 Å². The molecule has 0 radical (unpaired) electrons. The first kappa shape index (κ1) is 16.2. The molecule has 0 heterocycles. The predicted octanol–water partition coefficient (Wildman–Crippen LogP) is 2.66. The van der Waals surface area contributed by atoms with Gasteiger partial charge in [-0.2, -0.15) is 0 Å². The van der Waals surface area contributed by atoms with Crippen LogP contribution in [0.1, 0.15) is 0 Å². The van der Waals surface area contributed by atoms with Crippen LogP contribution in [0.15, 0.2) is 12.1 Å². The van der Waals surface area contributed by atoms with E-state index in [1.165, 1.54) is 21.3 Å². The van der Waals surface area contributed by atoms with Crippen LogP contribution >= 0.6 is 0 Å². The summed E-state index contributed by atoms with van der Waals surface area (Å²) in [6.45, 7) is -0.516. The van der Waals surface area contributed by atoms with Crippen LogP contribution in [-0.4, -0.2) is 40.8 Å². The molecule has 0 unspecified atom stereocenters. The van der Waals surface area contributed by atoms with Crippen LogP contribution in [0.4, 0.5) is 18.9 Å². The van der Waals surface area contributed by atoms with Crippen LogP contribution in [0, 0.1) is 0 Å². The van der Waals surface area contributed by atoms with E-state index in [9.17, 15) is 13.2 Å². The molecule has 1 N–H and O–H groups in total. The van der Waals surface area contributed by atoms with E-state index in [-0.39, 0.29) is 6.54 Å². The highest BCUT2D eigenvalue weighted by Crippen LogP contribution is 2.39. The van der Waals surface area contributed by atoms with Crippen molar-refractivity contribution < 1.29 is 32.1 Å². The Morgan fingerprint density at radius 1 is 1.00 bits per heavy atom. The average molecular weight is 295 g/mol. The van der Waals surface area contributed by atoms with Gasteiger partial charge in [-0.1, -0.05) is 0 Å². The molecule has 0 saturated heterocycles. The monoisotopic (exact) mass is 295 g/mol. The third-order valence-corrected chi connectivity index (χ3v) is 2.36. The van der Waals surface area contributed by atoms with Gasteiger partial charge >= 0.3 is 6.36 Å². The molecular weight excluding hydrogens is 279 g/mol. The van der Waals surface area contributed by atoms with Crippen molar-refractivity contribution in [3.63, 3.8) is 0 Å². The maximum Gasteiger partial charge on any atom is 0.522 e. The standard InChI is InChI=1S/C12H16F3NO4/c1-17-9-6-8(7-10(18-2)11(9)19-3)16-4-5-20-12(13,14)15/h6-7,16H,4-5H2,1-3H3. The van der Waals surface area contributed by atoms with Crippen molar-refractivity contribution in [2.45, 2.75) is 6.36 Å². The maximum absolute atomic E-state index is 11.8. The van der Waals surface area contributed by atoms with E-state index in [1.807, 2.05) is 0 Å². The Hall–Kier alpha value is -1.83. The summed E-state index contributed by atoms with van der Waals surface area (Å²) in [5, 5.41) is 2.78. The molecule has 0 atom stereocenters. The number of alkyl halides is 3. The number of hydrogen-bond donors (Lipinski definition) is 1. The molecule has 0 aromatic heterocycles. The lowest BCUT2D eigenvalue weighted by Crippen LogP contribution is -2.19. The van der Waals surface area contributed by atoms with Crippen LogP contribution in [0.25, 0.3) is 0 Å². The van der Waals surface area contributed by atoms with E-state index < -0.39 is 13.0 Å². The Morgan fingerprint density at radius 2 is 1.55 bits per heavy atom. The van der Waals surface area contributed by atoms with Crippen LogP contribution in [0.3, 0.4) is 0 Å². The van der Waals surface area contributed by atoms with Crippen molar-refractivity contribution in [1.29, 1.82) is 0 Å². The first-order valence-electron chi connectivity index (χ1n) is 5.66. The van der Waals surface area contributed by atoms with Gasteiger partial charge < -0.3 is 19.5 Å². The van der Waals surface area contributed by atoms with Crippen molar-refractivity contribution in [3.05, 3.63) is 12.1 Å². The fraction of sp³-hybridized carbons (Fsp3) is 0.500. The summed E-state index contributed by atoms with van der Waals surface area (Å²) in [7, 11) is 4.37. The Balaban J connectivity index is 2.71. The van der Waals surface area contributed by atoms with Crippen molar-refractivity contribution in [3.8, 4) is 17.2 Å². The Morgan fingerprint density at radius 3 is 1.95 bits per heavy atom. The molecule has 1 aromatic rings. The molecule has 20 heavy (non-hydrogen) atoms. The normalized spacial score (nSPS) is 11.1. The lowest BCUT2D eigenvalue weighted by atomic mass is 10.2. The van der Waals surface area contributed by atoms with Crippen LogP contribution < -0.4 is 19.5 Å². The summed E-state index contributed by atoms with van der Waals surface area (Å²) in [6, 6.07) is 3.18. The largest absolute Gasteiger partial charge is 0.522 e. The number of benzene rings is 1. The quantitative estimate of drug-likeness (QED) is 0.784. The van der Waals surface area contributed by atoms with E-state index >= 15 is 0 Å². The Labute approximate surface area is 114 Å². The Bertz CT molecular complexity index is 412. The van der Waals surface area contributed by atoms with Gasteiger partial charge in [-0.15, -0.1) is 13.2 Å². The average Bonchev–Trinajstić information content (AvgIpc) is 2.41. The number of hydrogen-bond acceptors (Lipinski definition) is 5. The summed E-state index contributed by atoms with van der Waals surface area (Å²) in [5.74, 6) is 1.23. The Kier molecular flexibility index (Phi) is 5.75. The van der Waals surface area contributed by atoms with E-state index in [0.717, 1.165) is 0 Å². The number of ether oxygens (including phenoxy) is 4. The number of rotatable bonds is 7. The topological polar surface area (TPSA) is 49.0 Å². The summed E-state index contributed by atoms with van der Waals surface area (Å²) >= 11 is 0. The van der Waals surface area contributed by atoms with Crippen molar-refractivity contribution in [1.82, 2.24) is 0 Å². The molecule has 114 valence electrons. The highest BCUT2D eigenvalue weighted by atomic mass is 19.4. The number of nitrogens with one attached hydrogen (secondary N) is 1. The third-order valence-electron chi connectivity index (χ3n) is 2.36. The molecule has 0 fully saturated rings. The fourth-order valence-electron chi connectivity index (χ4n) is 1.55. The molecule has 5 nitrogen and oxygen atoms in total. The third kappa shape index (κ3) is 4.69. The van der Waals surface area contributed by atoms with Crippen LogP contribution in [0.2, 0.25) is 0 Å². The van der Waals surface area contributed by atoms with Gasteiger partial charge in [0.05, 0.1) is 27.9 Å². The highest BCUT2D eigenvalue weighted by Gasteiger charge is 2.28. The minimum atomic E-state index is -4.63. The summed E-state index contributed by atoms with van der Waals surface area (Å²) in [5.41, 5.74) is 0.533. The second-order valence-corrected chi connectivity index (χ2v) is 3.63. The summed E-state index contributed by atoms with van der Waals surface area (Å²) in [4.78, 5) is 0. The molecule has 0 aliphatic heterocycles. The minimum absolute atomic E-state index is 0.0157. The summed E-state index contributed by atoms with van der Waals surface area (Å²) < 4.78 is 54.5. The van der Waals surface area contributed by atoms with E-state index in [1.54, 1.807) is 12.1 Å². The number of methoxy groups -OCH3 is 3. The van der Waals surface area contributed by atoms with Gasteiger partial charge in [0, 0.05) is 24.4 Å². The SMILES string of the molecule is COc1cc(NCCOC(F)(F)F)cc(OC)c1OC. The van der Waals surface area contributed by atoms with E-state index in [2.05, 4.69) is 10.1 Å². The van der Waals surface area contributed by atoms with Gasteiger partial charge in [-0.25, -0.2) is 0 Å². The minimum Gasteiger partial charge on any atom is -0.493 e. The van der Waals surface area contributed by atoms with Crippen molar-refractivity contribution in [2.75, 3.05) is 39.8 Å². The predicted molar refractivity (Wildman–Crippen MR) is 66.6 cm³/mol. The second-order valence-electron chi connectivity index (χ2n) is 3.63. The first-order chi connectivity index (χ1) is 9.41. The highest BCUT2D eigenvalue weighted by molar-refractivity contribution is 5.62. The van der Waals surface area contributed by atoms with Gasteiger partial charge in [0.2, 0.25) is 5.75 Å². The lowest BCUT2D eigenvalue weighted by Gasteiger charge is -2.15. The van der Waals surface area contributed by atoms with Gasteiger partial charge in [0.25, 0.3) is 0 Å². The number of halogens is 3. The zero-order valence-corrected chi connectivity index (χ0v) is 11.3. The molecule has 1 rings (SSSR count). The number of anilines is 1. The molecule has 1 aromatic carbocycles. The zero-order valence-electron chi connectivity index (χ0n) is 11.3. The molecule has 0 amide bonds. The summed E-state index contributed by atoms with van der Waals surface area (Å²) in [6.07, 6.45) is -4.63. The van der Waals surface area contributed by atoms with Crippen LogP contribution in [0.5, 0.6) is 17.2 Å². The molecular formula is C12H16F3NO4. The van der Waals surface area contributed by atoms with Crippen molar-refractivity contribution >= 4 is 5.69 Å². The van der Waals surface area contributed by atoms with Gasteiger partial charge in [0.1, 0.15) is 0 Å². The zero-order chi connectivity index (χ0) is 15.2. The van der Waals surface area contributed by atoms with Crippen LogP contribution in [-0.2, 0) is 4.74 Å². The second kappa shape index (κ2) is 7.09. The van der Waals surface area contributed by atoms with Gasteiger partial charge in [-0.05, 0) is 0 Å². The lowest BCUT2D eigenvalue weighted by molar-refractivity contribution is -0.322. The molecule has 8 heteroatoms. The fourth-order valence-corrected chi connectivity index (χ4v) is 1.55. The molecule has 0 aliphatic rings. The van der Waals surface area contributed by atoms with E-state index in [0.29, 0.717) is 22.9 Å². The molecule has 0 saturated carbocycles. The first-order valence-corrected chi connectivity index (χ1v) is 5.66. The van der Waals surface area contributed by atoms with Crippen molar-refractivity contribution in [2.24, 2.45) is 0 Å². The molecule has 0 bridgehead atoms. The maximum atomic E-state index is 11.8. The molecule has 0 spiro atoms.